The molecule has 100 valence electrons. The van der Waals surface area contributed by atoms with Gasteiger partial charge in [0.1, 0.15) is 0 Å². The standard InChI is InChI=1S/C14H20ClNO2/c1-14(18,9-17)8-16-13(10-2-3-10)11-4-6-12(15)7-5-11/h4-7,10,13,16-18H,2-3,8-9H2,1H3. The Balaban J connectivity index is 2.02. The van der Waals surface area contributed by atoms with Crippen molar-refractivity contribution in [3.63, 3.8) is 0 Å². The van der Waals surface area contributed by atoms with E-state index in [2.05, 4.69) is 5.32 Å². The lowest BCUT2D eigenvalue weighted by atomic mass is 10.0. The zero-order valence-electron chi connectivity index (χ0n) is 10.6. The van der Waals surface area contributed by atoms with Crippen molar-refractivity contribution in [2.75, 3.05) is 13.2 Å². The van der Waals surface area contributed by atoms with Crippen LogP contribution in [0.5, 0.6) is 0 Å². The molecule has 0 heterocycles. The average Bonchev–Trinajstić information content (AvgIpc) is 3.16. The number of halogens is 1. The van der Waals surface area contributed by atoms with Crippen LogP contribution in [0.15, 0.2) is 24.3 Å². The van der Waals surface area contributed by atoms with E-state index in [9.17, 15) is 5.11 Å². The first-order valence-corrected chi connectivity index (χ1v) is 6.72. The number of nitrogens with one attached hydrogen (secondary N) is 1. The van der Waals surface area contributed by atoms with Crippen molar-refractivity contribution in [2.45, 2.75) is 31.4 Å². The number of rotatable bonds is 6. The molecule has 3 N–H and O–H groups in total. The van der Waals surface area contributed by atoms with Crippen LogP contribution in [0.4, 0.5) is 0 Å². The monoisotopic (exact) mass is 269 g/mol. The summed E-state index contributed by atoms with van der Waals surface area (Å²) in [5.41, 5.74) is 0.121. The normalized spacial score (nSPS) is 20.4. The third-order valence-corrected chi connectivity index (χ3v) is 3.62. The van der Waals surface area contributed by atoms with Crippen molar-refractivity contribution in [3.8, 4) is 0 Å². The highest BCUT2D eigenvalue weighted by Gasteiger charge is 2.33. The topological polar surface area (TPSA) is 52.5 Å². The maximum absolute atomic E-state index is 9.83. The van der Waals surface area contributed by atoms with Crippen LogP contribution in [0.1, 0.15) is 31.4 Å². The van der Waals surface area contributed by atoms with Gasteiger partial charge < -0.3 is 15.5 Å². The van der Waals surface area contributed by atoms with E-state index >= 15 is 0 Å². The highest BCUT2D eigenvalue weighted by atomic mass is 35.5. The molecule has 1 aliphatic carbocycles. The molecule has 0 radical (unpaired) electrons. The van der Waals surface area contributed by atoms with Gasteiger partial charge in [-0.2, -0.15) is 0 Å². The van der Waals surface area contributed by atoms with Gasteiger partial charge >= 0.3 is 0 Å². The number of hydrogen-bond donors (Lipinski definition) is 3. The zero-order chi connectivity index (χ0) is 13.2. The lowest BCUT2D eigenvalue weighted by Gasteiger charge is -2.26. The first kappa shape index (κ1) is 13.8. The maximum atomic E-state index is 9.83. The van der Waals surface area contributed by atoms with Crippen LogP contribution in [-0.2, 0) is 0 Å². The van der Waals surface area contributed by atoms with E-state index in [1.807, 2.05) is 24.3 Å². The van der Waals surface area contributed by atoms with E-state index in [1.165, 1.54) is 18.4 Å². The van der Waals surface area contributed by atoms with Crippen LogP contribution >= 0.6 is 11.6 Å². The van der Waals surface area contributed by atoms with Gasteiger partial charge in [0.2, 0.25) is 0 Å². The Morgan fingerprint density at radius 3 is 2.50 bits per heavy atom. The van der Waals surface area contributed by atoms with Crippen LogP contribution in [0.2, 0.25) is 5.02 Å². The summed E-state index contributed by atoms with van der Waals surface area (Å²) >= 11 is 5.89. The minimum Gasteiger partial charge on any atom is -0.393 e. The fraction of sp³-hybridized carbons (Fsp3) is 0.571. The Morgan fingerprint density at radius 1 is 1.39 bits per heavy atom. The van der Waals surface area contributed by atoms with E-state index in [4.69, 9.17) is 16.7 Å². The summed E-state index contributed by atoms with van der Waals surface area (Å²) in [7, 11) is 0. The first-order valence-electron chi connectivity index (χ1n) is 6.34. The Bertz CT molecular complexity index is 387. The van der Waals surface area contributed by atoms with Gasteiger partial charge in [0.05, 0.1) is 12.2 Å². The Morgan fingerprint density at radius 2 is 2.00 bits per heavy atom. The highest BCUT2D eigenvalue weighted by molar-refractivity contribution is 6.30. The molecular formula is C14H20ClNO2. The molecule has 4 heteroatoms. The minimum absolute atomic E-state index is 0.236. The van der Waals surface area contributed by atoms with Crippen LogP contribution in [0.25, 0.3) is 0 Å². The molecule has 3 nitrogen and oxygen atoms in total. The molecule has 0 bridgehead atoms. The van der Waals surface area contributed by atoms with Crippen molar-refractivity contribution < 1.29 is 10.2 Å². The van der Waals surface area contributed by atoms with Crippen molar-refractivity contribution >= 4 is 11.6 Å². The molecule has 0 aliphatic heterocycles. The smallest absolute Gasteiger partial charge is 0.0973 e. The second-order valence-corrected chi connectivity index (χ2v) is 5.84. The number of hydrogen-bond acceptors (Lipinski definition) is 3. The van der Waals surface area contributed by atoms with E-state index in [1.54, 1.807) is 6.92 Å². The zero-order valence-corrected chi connectivity index (χ0v) is 11.3. The summed E-state index contributed by atoms with van der Waals surface area (Å²) in [6, 6.07) is 8.05. The lowest BCUT2D eigenvalue weighted by molar-refractivity contribution is 0.000171. The largest absolute Gasteiger partial charge is 0.393 e. The van der Waals surface area contributed by atoms with Crippen LogP contribution < -0.4 is 5.32 Å². The molecular weight excluding hydrogens is 250 g/mol. The molecule has 18 heavy (non-hydrogen) atoms. The summed E-state index contributed by atoms with van der Waals surface area (Å²) in [6.07, 6.45) is 2.42. The summed E-state index contributed by atoms with van der Waals surface area (Å²) in [5.74, 6) is 0.626. The van der Waals surface area contributed by atoms with E-state index in [-0.39, 0.29) is 12.6 Å². The number of aliphatic hydroxyl groups excluding tert-OH is 1. The van der Waals surface area contributed by atoms with Gasteiger partial charge in [0.25, 0.3) is 0 Å². The van der Waals surface area contributed by atoms with Crippen LogP contribution in [0.3, 0.4) is 0 Å². The van der Waals surface area contributed by atoms with Crippen molar-refractivity contribution in [3.05, 3.63) is 34.9 Å². The minimum atomic E-state index is -1.07. The fourth-order valence-electron chi connectivity index (χ4n) is 2.04. The molecule has 0 amide bonds. The molecule has 1 aromatic rings. The molecule has 1 aliphatic rings. The molecule has 1 aromatic carbocycles. The molecule has 0 saturated heterocycles. The third kappa shape index (κ3) is 3.69. The van der Waals surface area contributed by atoms with Gasteiger partial charge in [-0.3, -0.25) is 0 Å². The third-order valence-electron chi connectivity index (χ3n) is 3.37. The predicted octanol–water partition coefficient (Wildman–Crippen LogP) is 2.12. The Hall–Kier alpha value is -0.610. The molecule has 1 fully saturated rings. The van der Waals surface area contributed by atoms with E-state index in [0.717, 1.165) is 5.02 Å². The fourth-order valence-corrected chi connectivity index (χ4v) is 2.17. The molecule has 2 atom stereocenters. The molecule has 0 spiro atoms. The first-order chi connectivity index (χ1) is 8.52. The second-order valence-electron chi connectivity index (χ2n) is 5.40. The summed E-state index contributed by atoms with van der Waals surface area (Å²) in [5, 5.41) is 23.0. The molecule has 2 unspecified atom stereocenters. The van der Waals surface area contributed by atoms with Gasteiger partial charge in [-0.25, -0.2) is 0 Å². The van der Waals surface area contributed by atoms with Gasteiger partial charge in [-0.1, -0.05) is 23.7 Å². The van der Waals surface area contributed by atoms with Gasteiger partial charge in [-0.15, -0.1) is 0 Å². The van der Waals surface area contributed by atoms with E-state index in [0.29, 0.717) is 12.5 Å². The van der Waals surface area contributed by atoms with Gasteiger partial charge in [0, 0.05) is 17.6 Å². The van der Waals surface area contributed by atoms with E-state index < -0.39 is 5.60 Å². The Kier molecular flexibility index (Phi) is 4.28. The van der Waals surface area contributed by atoms with Gasteiger partial charge in [-0.05, 0) is 43.4 Å². The van der Waals surface area contributed by atoms with Gasteiger partial charge in [0.15, 0.2) is 0 Å². The van der Waals surface area contributed by atoms with Crippen molar-refractivity contribution in [1.29, 1.82) is 0 Å². The summed E-state index contributed by atoms with van der Waals surface area (Å²) in [6.45, 7) is 1.77. The quantitative estimate of drug-likeness (QED) is 0.742. The summed E-state index contributed by atoms with van der Waals surface area (Å²) in [4.78, 5) is 0. The van der Waals surface area contributed by atoms with Crippen LogP contribution in [-0.4, -0.2) is 29.0 Å². The lowest BCUT2D eigenvalue weighted by Crippen LogP contribution is -2.42. The van der Waals surface area contributed by atoms with Crippen LogP contribution in [0, 0.1) is 5.92 Å². The number of benzene rings is 1. The molecule has 1 saturated carbocycles. The van der Waals surface area contributed by atoms with Crippen molar-refractivity contribution in [2.24, 2.45) is 5.92 Å². The molecule has 2 rings (SSSR count). The maximum Gasteiger partial charge on any atom is 0.0973 e. The second kappa shape index (κ2) is 5.57. The highest BCUT2D eigenvalue weighted by Crippen LogP contribution is 2.41. The average molecular weight is 270 g/mol. The number of aliphatic hydroxyl groups is 2. The van der Waals surface area contributed by atoms with Crippen molar-refractivity contribution in [1.82, 2.24) is 5.32 Å². The summed E-state index contributed by atoms with van der Waals surface area (Å²) < 4.78 is 0. The molecule has 0 aromatic heterocycles. The Labute approximate surface area is 113 Å². The predicted molar refractivity (Wildman–Crippen MR) is 72.6 cm³/mol. The SMILES string of the molecule is CC(O)(CO)CNC(c1ccc(Cl)cc1)C1CC1.